The highest BCUT2D eigenvalue weighted by molar-refractivity contribution is 5.79. The SMILES string of the molecule is O=C(Cc1ccc([N+](=O)[O-])cc1)N1CCCC[C@@H]1CN1CCCC1. The molecule has 2 aliphatic rings. The Hall–Kier alpha value is -1.95. The maximum absolute atomic E-state index is 12.7. The van der Waals surface area contributed by atoms with Crippen LogP contribution in [0, 0.1) is 10.1 Å². The summed E-state index contributed by atoms with van der Waals surface area (Å²) < 4.78 is 0. The Labute approximate surface area is 142 Å². The number of hydrogen-bond donors (Lipinski definition) is 0. The highest BCUT2D eigenvalue weighted by Crippen LogP contribution is 2.21. The summed E-state index contributed by atoms with van der Waals surface area (Å²) in [6.45, 7) is 4.14. The lowest BCUT2D eigenvalue weighted by Gasteiger charge is -2.38. The van der Waals surface area contributed by atoms with Crippen molar-refractivity contribution in [1.29, 1.82) is 0 Å². The van der Waals surface area contributed by atoms with Gasteiger partial charge in [0.1, 0.15) is 0 Å². The van der Waals surface area contributed by atoms with Crippen molar-refractivity contribution in [3.05, 3.63) is 39.9 Å². The number of amides is 1. The van der Waals surface area contributed by atoms with Crippen LogP contribution in [-0.2, 0) is 11.2 Å². The Morgan fingerprint density at radius 3 is 2.42 bits per heavy atom. The van der Waals surface area contributed by atoms with Gasteiger partial charge in [-0.1, -0.05) is 12.1 Å². The predicted octanol–water partition coefficient (Wildman–Crippen LogP) is 2.61. The molecule has 0 bridgehead atoms. The molecular formula is C18H25N3O3. The van der Waals surface area contributed by atoms with E-state index in [1.165, 1.54) is 31.4 Å². The van der Waals surface area contributed by atoms with E-state index in [9.17, 15) is 14.9 Å². The lowest BCUT2D eigenvalue weighted by molar-refractivity contribution is -0.384. The Balaban J connectivity index is 1.61. The van der Waals surface area contributed by atoms with E-state index < -0.39 is 4.92 Å². The van der Waals surface area contributed by atoms with Crippen LogP contribution in [0.15, 0.2) is 24.3 Å². The van der Waals surface area contributed by atoms with Gasteiger partial charge in [0.25, 0.3) is 5.69 Å². The van der Waals surface area contributed by atoms with Gasteiger partial charge in [0, 0.05) is 31.3 Å². The number of piperidine rings is 1. The maximum Gasteiger partial charge on any atom is 0.269 e. The zero-order valence-corrected chi connectivity index (χ0v) is 14.0. The van der Waals surface area contributed by atoms with Crippen molar-refractivity contribution in [2.24, 2.45) is 0 Å². The topological polar surface area (TPSA) is 66.7 Å². The average Bonchev–Trinajstić information content (AvgIpc) is 3.09. The third-order valence-electron chi connectivity index (χ3n) is 5.12. The molecule has 2 fully saturated rings. The van der Waals surface area contributed by atoms with Gasteiger partial charge in [-0.05, 0) is 50.8 Å². The Bertz CT molecular complexity index is 582. The first-order chi connectivity index (χ1) is 11.6. The maximum atomic E-state index is 12.7. The van der Waals surface area contributed by atoms with Crippen LogP contribution in [0.2, 0.25) is 0 Å². The second kappa shape index (κ2) is 7.75. The minimum atomic E-state index is -0.414. The van der Waals surface area contributed by atoms with Gasteiger partial charge in [0.2, 0.25) is 5.91 Å². The van der Waals surface area contributed by atoms with Gasteiger partial charge in [-0.25, -0.2) is 0 Å². The largest absolute Gasteiger partial charge is 0.338 e. The van der Waals surface area contributed by atoms with E-state index in [4.69, 9.17) is 0 Å². The summed E-state index contributed by atoms with van der Waals surface area (Å²) in [5.41, 5.74) is 0.909. The first kappa shape index (κ1) is 16.9. The lowest BCUT2D eigenvalue weighted by Crippen LogP contribution is -2.49. The van der Waals surface area contributed by atoms with Crippen LogP contribution in [0.1, 0.15) is 37.7 Å². The average molecular weight is 331 g/mol. The Morgan fingerprint density at radius 2 is 1.75 bits per heavy atom. The molecule has 130 valence electrons. The van der Waals surface area contributed by atoms with E-state index >= 15 is 0 Å². The highest BCUT2D eigenvalue weighted by Gasteiger charge is 2.29. The summed E-state index contributed by atoms with van der Waals surface area (Å²) in [6.07, 6.45) is 6.21. The molecule has 1 atom stereocenters. The summed E-state index contributed by atoms with van der Waals surface area (Å²) in [7, 11) is 0. The van der Waals surface area contributed by atoms with Crippen LogP contribution < -0.4 is 0 Å². The molecule has 0 aromatic heterocycles. The van der Waals surface area contributed by atoms with E-state index in [1.807, 2.05) is 4.90 Å². The second-order valence-corrected chi connectivity index (χ2v) is 6.84. The Kier molecular flexibility index (Phi) is 5.45. The number of rotatable bonds is 5. The summed E-state index contributed by atoms with van der Waals surface area (Å²) >= 11 is 0. The minimum absolute atomic E-state index is 0.0658. The first-order valence-corrected chi connectivity index (χ1v) is 8.88. The number of nitro benzene ring substituents is 1. The van der Waals surface area contributed by atoms with E-state index in [1.54, 1.807) is 12.1 Å². The smallest absolute Gasteiger partial charge is 0.269 e. The van der Waals surface area contributed by atoms with E-state index in [0.717, 1.165) is 44.6 Å². The van der Waals surface area contributed by atoms with E-state index in [0.29, 0.717) is 12.5 Å². The van der Waals surface area contributed by atoms with Crippen molar-refractivity contribution in [2.75, 3.05) is 26.2 Å². The number of carbonyl (C=O) groups excluding carboxylic acids is 1. The molecule has 0 aliphatic carbocycles. The van der Waals surface area contributed by atoms with Gasteiger partial charge in [-0.15, -0.1) is 0 Å². The Morgan fingerprint density at radius 1 is 1.08 bits per heavy atom. The standard InChI is InChI=1S/C18H25N3O3/c22-18(13-15-6-8-16(9-7-15)21(23)24)20-12-2-1-5-17(20)14-19-10-3-4-11-19/h6-9,17H,1-5,10-14H2/t17-/m1/s1. The molecule has 2 aliphatic heterocycles. The molecule has 0 N–H and O–H groups in total. The molecule has 0 radical (unpaired) electrons. The summed E-state index contributed by atoms with van der Waals surface area (Å²) in [4.78, 5) is 27.6. The fraction of sp³-hybridized carbons (Fsp3) is 0.611. The van der Waals surface area contributed by atoms with Gasteiger partial charge in [0.15, 0.2) is 0 Å². The monoisotopic (exact) mass is 331 g/mol. The zero-order valence-electron chi connectivity index (χ0n) is 14.0. The number of likely N-dealkylation sites (tertiary alicyclic amines) is 2. The molecule has 3 rings (SSSR count). The quantitative estimate of drug-likeness (QED) is 0.614. The number of nitro groups is 1. The third-order valence-corrected chi connectivity index (χ3v) is 5.12. The van der Waals surface area contributed by atoms with Crippen molar-refractivity contribution in [1.82, 2.24) is 9.80 Å². The lowest BCUT2D eigenvalue weighted by atomic mass is 10.00. The van der Waals surface area contributed by atoms with Crippen LogP contribution in [0.25, 0.3) is 0 Å². The predicted molar refractivity (Wildman–Crippen MR) is 91.8 cm³/mol. The molecular weight excluding hydrogens is 306 g/mol. The number of non-ortho nitro benzene ring substituents is 1. The first-order valence-electron chi connectivity index (χ1n) is 8.88. The van der Waals surface area contributed by atoms with Gasteiger partial charge in [0.05, 0.1) is 11.3 Å². The van der Waals surface area contributed by atoms with Crippen molar-refractivity contribution < 1.29 is 9.72 Å². The van der Waals surface area contributed by atoms with E-state index in [2.05, 4.69) is 4.90 Å². The molecule has 2 heterocycles. The normalized spacial score (nSPS) is 21.8. The molecule has 0 saturated carbocycles. The van der Waals surface area contributed by atoms with Crippen LogP contribution in [0.4, 0.5) is 5.69 Å². The van der Waals surface area contributed by atoms with Crippen molar-refractivity contribution in [2.45, 2.75) is 44.6 Å². The molecule has 0 spiro atoms. The third kappa shape index (κ3) is 4.12. The van der Waals surface area contributed by atoms with Crippen LogP contribution in [0.5, 0.6) is 0 Å². The van der Waals surface area contributed by atoms with Gasteiger partial charge >= 0.3 is 0 Å². The number of nitrogens with zero attached hydrogens (tertiary/aromatic N) is 3. The fourth-order valence-corrected chi connectivity index (χ4v) is 3.79. The number of hydrogen-bond acceptors (Lipinski definition) is 4. The van der Waals surface area contributed by atoms with Crippen molar-refractivity contribution in [3.8, 4) is 0 Å². The van der Waals surface area contributed by atoms with Crippen molar-refractivity contribution >= 4 is 11.6 Å². The molecule has 0 unspecified atom stereocenters. The van der Waals surface area contributed by atoms with Gasteiger partial charge in [-0.2, -0.15) is 0 Å². The number of carbonyl (C=O) groups is 1. The number of benzene rings is 1. The van der Waals surface area contributed by atoms with Gasteiger partial charge in [-0.3, -0.25) is 14.9 Å². The van der Waals surface area contributed by atoms with Crippen LogP contribution in [-0.4, -0.2) is 52.9 Å². The summed E-state index contributed by atoms with van der Waals surface area (Å²) in [5, 5.41) is 10.7. The molecule has 1 aromatic carbocycles. The van der Waals surface area contributed by atoms with Gasteiger partial charge < -0.3 is 9.80 Å². The molecule has 6 heteroatoms. The van der Waals surface area contributed by atoms with E-state index in [-0.39, 0.29) is 11.6 Å². The molecule has 1 amide bonds. The second-order valence-electron chi connectivity index (χ2n) is 6.84. The van der Waals surface area contributed by atoms with Crippen molar-refractivity contribution in [3.63, 3.8) is 0 Å². The highest BCUT2D eigenvalue weighted by atomic mass is 16.6. The summed E-state index contributed by atoms with van der Waals surface area (Å²) in [5.74, 6) is 0.146. The fourth-order valence-electron chi connectivity index (χ4n) is 3.79. The molecule has 1 aromatic rings. The molecule has 24 heavy (non-hydrogen) atoms. The van der Waals surface area contributed by atoms with Crippen LogP contribution >= 0.6 is 0 Å². The minimum Gasteiger partial charge on any atom is -0.338 e. The van der Waals surface area contributed by atoms with Crippen LogP contribution in [0.3, 0.4) is 0 Å². The summed E-state index contributed by atoms with van der Waals surface area (Å²) in [6, 6.07) is 6.65. The molecule has 2 saturated heterocycles. The zero-order chi connectivity index (χ0) is 16.9. The molecule has 6 nitrogen and oxygen atoms in total.